The van der Waals surface area contributed by atoms with Crippen molar-refractivity contribution in [3.63, 3.8) is 0 Å². The number of nitrogens with one attached hydrogen (secondary N) is 2. The maximum absolute atomic E-state index is 12.8. The molecule has 10 heteroatoms. The summed E-state index contributed by atoms with van der Waals surface area (Å²) in [5, 5.41) is 19.8. The number of aliphatic hydroxyl groups is 1. The van der Waals surface area contributed by atoms with Crippen LogP contribution < -0.4 is 5.09 Å². The van der Waals surface area contributed by atoms with Crippen molar-refractivity contribution in [2.75, 3.05) is 25.4 Å². The molecule has 1 heterocycles. The van der Waals surface area contributed by atoms with E-state index in [2.05, 4.69) is 5.09 Å². The van der Waals surface area contributed by atoms with Gasteiger partial charge < -0.3 is 19.3 Å². The van der Waals surface area contributed by atoms with Gasteiger partial charge in [0.25, 0.3) is 0 Å². The van der Waals surface area contributed by atoms with E-state index in [1.54, 1.807) is 32.6 Å². The Morgan fingerprint density at radius 2 is 2.21 bits per heavy atom. The van der Waals surface area contributed by atoms with Gasteiger partial charge in [-0.15, -0.1) is 0 Å². The lowest BCUT2D eigenvalue weighted by Crippen LogP contribution is -2.35. The number of amidine groups is 1. The highest BCUT2D eigenvalue weighted by atomic mass is 32.7. The van der Waals surface area contributed by atoms with Gasteiger partial charge in [-0.3, -0.25) is 14.8 Å². The molecule has 138 valence electrons. The molecule has 0 saturated carbocycles. The summed E-state index contributed by atoms with van der Waals surface area (Å²) in [7, 11) is 0. The molecule has 0 aromatic heterocycles. The van der Waals surface area contributed by atoms with Crippen molar-refractivity contribution in [3.8, 4) is 0 Å². The Labute approximate surface area is 146 Å². The highest BCUT2D eigenvalue weighted by molar-refractivity contribution is 8.56. The largest absolute Gasteiger partial charge is 0.510 e. The molecule has 0 unspecified atom stereocenters. The number of rotatable bonds is 10. The van der Waals surface area contributed by atoms with Crippen LogP contribution in [0.5, 0.6) is 0 Å². The molecule has 0 aromatic rings. The number of hydrogen-bond acceptors (Lipinski definition) is 7. The van der Waals surface area contributed by atoms with Crippen LogP contribution in [0.2, 0.25) is 0 Å². The third kappa shape index (κ3) is 6.84. The van der Waals surface area contributed by atoms with Crippen molar-refractivity contribution in [1.29, 1.82) is 5.41 Å². The first-order valence-electron chi connectivity index (χ1n) is 7.77. The van der Waals surface area contributed by atoms with Crippen molar-refractivity contribution in [2.24, 2.45) is 0 Å². The zero-order valence-corrected chi connectivity index (χ0v) is 16.2. The minimum Gasteiger partial charge on any atom is -0.510 e. The fourth-order valence-corrected chi connectivity index (χ4v) is 5.84. The van der Waals surface area contributed by atoms with Gasteiger partial charge in [0, 0.05) is 18.4 Å². The standard InChI is InChI=1S/C14H26N3O5PS/c1-5-21-23(20,16-11(4)14(19)22-10(2)3)24-7-6-17-9-12(18)8-13(17)15/h8,10-11,15,18H,5-7,9H2,1-4H3,(H,16,20)/t11-,23+/m0/s1. The van der Waals surface area contributed by atoms with E-state index in [0.29, 0.717) is 12.3 Å². The molecule has 0 aliphatic carbocycles. The number of nitrogens with zero attached hydrogens (tertiary/aromatic N) is 1. The van der Waals surface area contributed by atoms with Gasteiger partial charge in [-0.05, 0) is 27.7 Å². The first kappa shape index (κ1) is 21.0. The SMILES string of the molecule is CCO[P@](=O)(N[C@@H](C)C(=O)OC(C)C)SCCN1CC(O)=CC1=N. The predicted octanol–water partition coefficient (Wildman–Crippen LogP) is 2.53. The Balaban J connectivity index is 2.53. The molecule has 0 saturated heterocycles. The van der Waals surface area contributed by atoms with Crippen molar-refractivity contribution < 1.29 is 23.7 Å². The summed E-state index contributed by atoms with van der Waals surface area (Å²) in [4.78, 5) is 13.5. The Morgan fingerprint density at radius 3 is 2.71 bits per heavy atom. The van der Waals surface area contributed by atoms with Gasteiger partial charge in [-0.25, -0.2) is 5.09 Å². The molecule has 0 spiro atoms. The monoisotopic (exact) mass is 379 g/mol. The lowest BCUT2D eigenvalue weighted by atomic mass is 10.4. The second kappa shape index (κ2) is 9.46. The summed E-state index contributed by atoms with van der Waals surface area (Å²) in [5.74, 6) is 0.294. The third-order valence-electron chi connectivity index (χ3n) is 2.98. The van der Waals surface area contributed by atoms with Gasteiger partial charge in [0.15, 0.2) is 0 Å². The Kier molecular flexibility index (Phi) is 8.29. The predicted molar refractivity (Wildman–Crippen MR) is 95.5 cm³/mol. The van der Waals surface area contributed by atoms with Crippen LogP contribution in [0.3, 0.4) is 0 Å². The molecule has 2 atom stereocenters. The summed E-state index contributed by atoms with van der Waals surface area (Å²) < 4.78 is 23.2. The van der Waals surface area contributed by atoms with Gasteiger partial charge in [0.1, 0.15) is 17.6 Å². The molecule has 1 rings (SSSR count). The topological polar surface area (TPSA) is 112 Å². The molecule has 0 aromatic carbocycles. The molecule has 1 aliphatic heterocycles. The van der Waals surface area contributed by atoms with E-state index >= 15 is 0 Å². The number of carbonyl (C=O) groups excluding carboxylic acids is 1. The number of ether oxygens (including phenoxy) is 1. The van der Waals surface area contributed by atoms with Crippen LogP contribution in [0.4, 0.5) is 0 Å². The number of aliphatic hydroxyl groups excluding tert-OH is 1. The highest BCUT2D eigenvalue weighted by Crippen LogP contribution is 2.56. The Morgan fingerprint density at radius 1 is 1.54 bits per heavy atom. The second-order valence-corrected chi connectivity index (χ2v) is 9.92. The van der Waals surface area contributed by atoms with Crippen LogP contribution in [0, 0.1) is 5.41 Å². The minimum atomic E-state index is -3.28. The first-order valence-corrected chi connectivity index (χ1v) is 11.0. The average molecular weight is 379 g/mol. The lowest BCUT2D eigenvalue weighted by Gasteiger charge is -2.23. The van der Waals surface area contributed by atoms with Crippen molar-refractivity contribution in [1.82, 2.24) is 9.99 Å². The summed E-state index contributed by atoms with van der Waals surface area (Å²) >= 11 is 1.07. The van der Waals surface area contributed by atoms with Gasteiger partial charge in [-0.2, -0.15) is 0 Å². The zero-order chi connectivity index (χ0) is 18.3. The minimum absolute atomic E-state index is 0.140. The van der Waals surface area contributed by atoms with Crippen LogP contribution in [-0.2, 0) is 18.6 Å². The Bertz CT molecular complexity index is 541. The molecular weight excluding hydrogens is 353 g/mol. The van der Waals surface area contributed by atoms with Gasteiger partial charge in [-0.1, -0.05) is 11.4 Å². The van der Waals surface area contributed by atoms with Gasteiger partial charge >= 0.3 is 12.7 Å². The van der Waals surface area contributed by atoms with E-state index in [-0.39, 0.29) is 30.9 Å². The molecule has 0 radical (unpaired) electrons. The fourth-order valence-electron chi connectivity index (χ4n) is 1.95. The number of hydrogen-bond donors (Lipinski definition) is 3. The van der Waals surface area contributed by atoms with Crippen molar-refractivity contribution >= 4 is 29.9 Å². The summed E-state index contributed by atoms with van der Waals surface area (Å²) in [6, 6.07) is -0.756. The first-order chi connectivity index (χ1) is 11.2. The number of esters is 1. The molecule has 0 amide bonds. The van der Waals surface area contributed by atoms with Crippen LogP contribution in [0.15, 0.2) is 11.8 Å². The molecular formula is C14H26N3O5PS. The average Bonchev–Trinajstić information content (AvgIpc) is 2.76. The summed E-state index contributed by atoms with van der Waals surface area (Å²) in [6.45, 7) is 4.48. The van der Waals surface area contributed by atoms with E-state index in [9.17, 15) is 14.5 Å². The molecule has 0 bridgehead atoms. The van der Waals surface area contributed by atoms with E-state index in [4.69, 9.17) is 14.7 Å². The van der Waals surface area contributed by atoms with Crippen LogP contribution in [0.1, 0.15) is 27.7 Å². The summed E-state index contributed by atoms with van der Waals surface area (Å²) in [5.41, 5.74) is 0. The fraction of sp³-hybridized carbons (Fsp3) is 0.714. The van der Waals surface area contributed by atoms with Crippen LogP contribution >= 0.6 is 18.1 Å². The van der Waals surface area contributed by atoms with Crippen LogP contribution in [0.25, 0.3) is 0 Å². The van der Waals surface area contributed by atoms with E-state index in [0.717, 1.165) is 11.4 Å². The molecule has 1 aliphatic rings. The van der Waals surface area contributed by atoms with Gasteiger partial charge in [0.2, 0.25) is 0 Å². The molecule has 3 N–H and O–H groups in total. The third-order valence-corrected chi connectivity index (χ3v) is 7.18. The quantitative estimate of drug-likeness (QED) is 0.392. The maximum atomic E-state index is 12.8. The second-order valence-electron chi connectivity index (χ2n) is 5.53. The van der Waals surface area contributed by atoms with E-state index < -0.39 is 18.7 Å². The number of carbonyl (C=O) groups is 1. The normalized spacial score (nSPS) is 18.5. The smallest absolute Gasteiger partial charge is 0.327 e. The maximum Gasteiger partial charge on any atom is 0.327 e. The molecule has 24 heavy (non-hydrogen) atoms. The van der Waals surface area contributed by atoms with Crippen molar-refractivity contribution in [3.05, 3.63) is 11.8 Å². The van der Waals surface area contributed by atoms with Crippen LogP contribution in [-0.4, -0.2) is 59.4 Å². The van der Waals surface area contributed by atoms with Crippen molar-refractivity contribution in [2.45, 2.75) is 39.8 Å². The highest BCUT2D eigenvalue weighted by Gasteiger charge is 2.30. The van der Waals surface area contributed by atoms with E-state index in [1.807, 2.05) is 0 Å². The Hall–Kier alpha value is -1.02. The van der Waals surface area contributed by atoms with Gasteiger partial charge in [0.05, 0.1) is 19.3 Å². The van der Waals surface area contributed by atoms with E-state index in [1.165, 1.54) is 6.08 Å². The molecule has 0 fully saturated rings. The molecule has 8 nitrogen and oxygen atoms in total. The summed E-state index contributed by atoms with van der Waals surface area (Å²) in [6.07, 6.45) is 1.14. The zero-order valence-electron chi connectivity index (χ0n) is 14.4. The lowest BCUT2D eigenvalue weighted by molar-refractivity contribution is -0.149.